The van der Waals surface area contributed by atoms with E-state index < -0.39 is 7.14 Å². The lowest BCUT2D eigenvalue weighted by atomic mass is 10.1. The fraction of sp³-hybridized carbons (Fsp3) is 0. The predicted octanol–water partition coefficient (Wildman–Crippen LogP) is 6.41. The quantitative estimate of drug-likeness (QED) is 0.207. The van der Waals surface area contributed by atoms with Gasteiger partial charge in [0, 0.05) is 26.7 Å². The van der Waals surface area contributed by atoms with Crippen LogP contribution in [0.4, 0.5) is 0 Å². The van der Waals surface area contributed by atoms with E-state index in [1.165, 1.54) is 10.8 Å². The molecule has 0 fully saturated rings. The minimum absolute atomic E-state index is 0.849. The van der Waals surface area contributed by atoms with Gasteiger partial charge in [0.2, 0.25) is 0 Å². The summed E-state index contributed by atoms with van der Waals surface area (Å²) < 4.78 is 17.2. The van der Waals surface area contributed by atoms with Crippen molar-refractivity contribution in [2.75, 3.05) is 0 Å². The maximum atomic E-state index is 15.0. The summed E-state index contributed by atoms with van der Waals surface area (Å²) in [5.41, 5.74) is 6.06. The smallest absolute Gasteiger partial charge is 0.172 e. The summed E-state index contributed by atoms with van der Waals surface area (Å²) in [4.78, 5) is 5.05. The Labute approximate surface area is 201 Å². The molecule has 0 bridgehead atoms. The van der Waals surface area contributed by atoms with Crippen LogP contribution in [0.15, 0.2) is 115 Å². The summed E-state index contributed by atoms with van der Waals surface area (Å²) in [5.74, 6) is 0. The molecule has 0 saturated heterocycles. The highest BCUT2D eigenvalue weighted by Gasteiger charge is 2.40. The Morgan fingerprint density at radius 1 is 0.571 bits per heavy atom. The van der Waals surface area contributed by atoms with Crippen molar-refractivity contribution in [3.63, 3.8) is 0 Å². The van der Waals surface area contributed by atoms with Crippen LogP contribution in [0.1, 0.15) is 0 Å². The van der Waals surface area contributed by atoms with E-state index in [9.17, 15) is 0 Å². The molecule has 0 N–H and O–H groups in total. The standard InChI is InChI=1S/C31H19N2OP/c34-35(29-15-7-4-11-23(29)24-12-5-8-16-30(24)35)20-17-18-26-28(19-20)33-27-14-6-3-10-22(27)21-9-1-2-13-25(21)31(33)32-26/h1-19H. The maximum Gasteiger partial charge on any atom is 0.172 e. The van der Waals surface area contributed by atoms with E-state index >= 15 is 4.57 Å². The molecule has 0 spiro atoms. The number of rotatable bonds is 1. The highest BCUT2D eigenvalue weighted by atomic mass is 31.2. The molecule has 1 aliphatic rings. The lowest BCUT2D eigenvalue weighted by molar-refractivity contribution is 0.593. The average Bonchev–Trinajstić information content (AvgIpc) is 3.44. The van der Waals surface area contributed by atoms with Gasteiger partial charge in [-0.2, -0.15) is 0 Å². The van der Waals surface area contributed by atoms with Crippen molar-refractivity contribution in [2.45, 2.75) is 0 Å². The van der Waals surface area contributed by atoms with Crippen LogP contribution in [0, 0.1) is 0 Å². The van der Waals surface area contributed by atoms with Crippen LogP contribution < -0.4 is 15.9 Å². The third-order valence-electron chi connectivity index (χ3n) is 7.38. The van der Waals surface area contributed by atoms with E-state index in [1.54, 1.807) is 0 Å². The van der Waals surface area contributed by atoms with Crippen LogP contribution in [-0.4, -0.2) is 9.38 Å². The third kappa shape index (κ3) is 2.36. The molecular weight excluding hydrogens is 447 g/mol. The first-order chi connectivity index (χ1) is 17.2. The summed E-state index contributed by atoms with van der Waals surface area (Å²) >= 11 is 0. The number of pyridine rings is 1. The summed E-state index contributed by atoms with van der Waals surface area (Å²) in [6.45, 7) is 0. The molecule has 0 saturated carbocycles. The Morgan fingerprint density at radius 3 is 1.91 bits per heavy atom. The number of aromatic nitrogens is 2. The second kappa shape index (κ2) is 6.69. The zero-order valence-electron chi connectivity index (χ0n) is 18.7. The van der Waals surface area contributed by atoms with Gasteiger partial charge >= 0.3 is 0 Å². The van der Waals surface area contributed by atoms with Gasteiger partial charge in [0.25, 0.3) is 0 Å². The van der Waals surface area contributed by atoms with Gasteiger partial charge in [-0.1, -0.05) is 91.0 Å². The van der Waals surface area contributed by atoms with Crippen molar-refractivity contribution >= 4 is 61.4 Å². The molecule has 4 heteroatoms. The van der Waals surface area contributed by atoms with E-state index in [0.717, 1.165) is 54.6 Å². The molecular formula is C31H19N2OP. The van der Waals surface area contributed by atoms with Crippen molar-refractivity contribution in [1.29, 1.82) is 0 Å². The van der Waals surface area contributed by atoms with Gasteiger partial charge in [-0.15, -0.1) is 0 Å². The fourth-order valence-corrected chi connectivity index (χ4v) is 8.92. The van der Waals surface area contributed by atoms with E-state index in [-0.39, 0.29) is 0 Å². The average molecular weight is 466 g/mol. The van der Waals surface area contributed by atoms with Gasteiger partial charge in [0.1, 0.15) is 5.65 Å². The van der Waals surface area contributed by atoms with Crippen molar-refractivity contribution < 1.29 is 4.57 Å². The van der Waals surface area contributed by atoms with Crippen molar-refractivity contribution in [2.24, 2.45) is 0 Å². The zero-order chi connectivity index (χ0) is 23.1. The number of benzene rings is 5. The number of hydrogen-bond acceptors (Lipinski definition) is 2. The van der Waals surface area contributed by atoms with Gasteiger partial charge in [0.05, 0.1) is 16.6 Å². The monoisotopic (exact) mass is 466 g/mol. The summed E-state index contributed by atoms with van der Waals surface area (Å²) in [6.07, 6.45) is 0. The molecule has 1 aliphatic heterocycles. The minimum atomic E-state index is -3.01. The molecule has 5 aromatic carbocycles. The number of para-hydroxylation sites is 1. The Kier molecular flexibility index (Phi) is 3.66. The molecule has 35 heavy (non-hydrogen) atoms. The molecule has 0 amide bonds. The van der Waals surface area contributed by atoms with Gasteiger partial charge in [-0.05, 0) is 40.8 Å². The summed E-state index contributed by atoms with van der Waals surface area (Å²) in [6, 6.07) is 39.3. The van der Waals surface area contributed by atoms with E-state index in [0.29, 0.717) is 0 Å². The van der Waals surface area contributed by atoms with Crippen LogP contribution in [0.5, 0.6) is 0 Å². The number of hydrogen-bond donors (Lipinski definition) is 0. The number of fused-ring (bicyclic) bond motifs is 11. The minimum Gasteiger partial charge on any atom is -0.309 e. The topological polar surface area (TPSA) is 34.4 Å². The predicted molar refractivity (Wildman–Crippen MR) is 146 cm³/mol. The fourth-order valence-electron chi connectivity index (χ4n) is 5.85. The van der Waals surface area contributed by atoms with Crippen LogP contribution in [0.25, 0.3) is 49.5 Å². The SMILES string of the molecule is O=P1(c2ccc3nc4c5ccccc5c5ccccc5n4c3c2)c2ccccc2-c2ccccc21. The normalized spacial score (nSPS) is 14.1. The largest absolute Gasteiger partial charge is 0.309 e. The Hall–Kier alpha value is -4.20. The first kappa shape index (κ1) is 19.1. The number of nitrogens with zero attached hydrogens (tertiary/aromatic N) is 2. The molecule has 3 nitrogen and oxygen atoms in total. The van der Waals surface area contributed by atoms with E-state index in [4.69, 9.17) is 4.98 Å². The first-order valence-corrected chi connectivity index (χ1v) is 13.5. The van der Waals surface area contributed by atoms with E-state index in [1.807, 2.05) is 48.5 Å². The molecule has 0 aliphatic carbocycles. The maximum absolute atomic E-state index is 15.0. The van der Waals surface area contributed by atoms with Crippen LogP contribution >= 0.6 is 7.14 Å². The van der Waals surface area contributed by atoms with Crippen molar-refractivity contribution in [1.82, 2.24) is 9.38 Å². The molecule has 2 aromatic heterocycles. The second-order valence-corrected chi connectivity index (χ2v) is 11.8. The molecule has 0 atom stereocenters. The Morgan fingerprint density at radius 2 is 1.17 bits per heavy atom. The first-order valence-electron chi connectivity index (χ1n) is 11.8. The highest BCUT2D eigenvalue weighted by Crippen LogP contribution is 2.52. The molecule has 0 unspecified atom stereocenters. The van der Waals surface area contributed by atoms with Gasteiger partial charge in [0.15, 0.2) is 7.14 Å². The Balaban J connectivity index is 1.52. The van der Waals surface area contributed by atoms with Gasteiger partial charge < -0.3 is 4.57 Å². The summed E-state index contributed by atoms with van der Waals surface area (Å²) in [5, 5.41) is 6.18. The van der Waals surface area contributed by atoms with Crippen molar-refractivity contribution in [3.05, 3.63) is 115 Å². The lowest BCUT2D eigenvalue weighted by Crippen LogP contribution is -2.20. The van der Waals surface area contributed by atoms with Crippen LogP contribution in [0.2, 0.25) is 0 Å². The molecule has 7 aromatic rings. The van der Waals surface area contributed by atoms with Crippen LogP contribution in [-0.2, 0) is 4.57 Å². The van der Waals surface area contributed by atoms with Gasteiger partial charge in [-0.3, -0.25) is 4.40 Å². The van der Waals surface area contributed by atoms with Gasteiger partial charge in [-0.25, -0.2) is 4.98 Å². The molecule has 0 radical (unpaired) electrons. The zero-order valence-corrected chi connectivity index (χ0v) is 19.6. The number of imidazole rings is 1. The third-order valence-corrected chi connectivity index (χ3v) is 10.5. The highest BCUT2D eigenvalue weighted by molar-refractivity contribution is 7.86. The van der Waals surface area contributed by atoms with Crippen molar-refractivity contribution in [3.8, 4) is 11.1 Å². The van der Waals surface area contributed by atoms with E-state index in [2.05, 4.69) is 71.1 Å². The van der Waals surface area contributed by atoms with Crippen LogP contribution in [0.3, 0.4) is 0 Å². The molecule has 8 rings (SSSR count). The second-order valence-electron chi connectivity index (χ2n) is 9.15. The Bertz CT molecular complexity index is 2000. The molecule has 3 heterocycles. The molecule has 164 valence electrons. The summed E-state index contributed by atoms with van der Waals surface area (Å²) in [7, 11) is -3.01. The lowest BCUT2D eigenvalue weighted by Gasteiger charge is -2.16.